The third kappa shape index (κ3) is 3.37. The molecule has 3 fully saturated rings. The third-order valence-corrected chi connectivity index (χ3v) is 6.53. The molecule has 4 nitrogen and oxygen atoms in total. The van der Waals surface area contributed by atoms with E-state index in [0.717, 1.165) is 32.8 Å². The minimum Gasteiger partial charge on any atom is -0.377 e. The van der Waals surface area contributed by atoms with Gasteiger partial charge in [-0.15, -0.1) is 0 Å². The highest BCUT2D eigenvalue weighted by Crippen LogP contribution is 2.52. The van der Waals surface area contributed by atoms with Crippen LogP contribution in [0.25, 0.3) is 0 Å². The monoisotopic (exact) mass is 344 g/mol. The number of ether oxygens (including phenoxy) is 2. The predicted octanol–water partition coefficient (Wildman–Crippen LogP) is 2.68. The fourth-order valence-corrected chi connectivity index (χ4v) is 5.07. The molecule has 1 aromatic rings. The fraction of sp³-hybridized carbons (Fsp3) is 0.714. The van der Waals surface area contributed by atoms with Gasteiger partial charge in [0, 0.05) is 49.7 Å². The van der Waals surface area contributed by atoms with E-state index in [2.05, 4.69) is 61.3 Å². The van der Waals surface area contributed by atoms with Crippen LogP contribution in [0.2, 0.25) is 0 Å². The first kappa shape index (κ1) is 17.5. The molecule has 0 radical (unpaired) electrons. The fourth-order valence-electron chi connectivity index (χ4n) is 5.07. The maximum absolute atomic E-state index is 6.12. The molecule has 1 aromatic carbocycles. The lowest BCUT2D eigenvalue weighted by Crippen LogP contribution is -2.68. The van der Waals surface area contributed by atoms with Crippen molar-refractivity contribution in [1.29, 1.82) is 0 Å². The van der Waals surface area contributed by atoms with Gasteiger partial charge in [-0.1, -0.05) is 44.2 Å². The summed E-state index contributed by atoms with van der Waals surface area (Å²) >= 11 is 0. The molecule has 0 spiro atoms. The molecule has 25 heavy (non-hydrogen) atoms. The average Bonchev–Trinajstić information content (AvgIpc) is 3.08. The molecule has 0 aromatic heterocycles. The van der Waals surface area contributed by atoms with Crippen LogP contribution < -0.4 is 5.32 Å². The molecule has 4 heteroatoms. The minimum atomic E-state index is 0.230. The van der Waals surface area contributed by atoms with Crippen molar-refractivity contribution in [3.63, 3.8) is 0 Å². The van der Waals surface area contributed by atoms with Gasteiger partial charge in [-0.2, -0.15) is 0 Å². The zero-order valence-electron chi connectivity index (χ0n) is 15.8. The summed E-state index contributed by atoms with van der Waals surface area (Å²) in [6, 6.07) is 11.7. The van der Waals surface area contributed by atoms with Gasteiger partial charge in [-0.25, -0.2) is 0 Å². The third-order valence-electron chi connectivity index (χ3n) is 6.53. The first-order valence-electron chi connectivity index (χ1n) is 9.81. The van der Waals surface area contributed by atoms with Crippen molar-refractivity contribution in [2.24, 2.45) is 11.3 Å². The van der Waals surface area contributed by atoms with Crippen molar-refractivity contribution in [1.82, 2.24) is 10.2 Å². The molecule has 0 amide bonds. The Hall–Kier alpha value is -0.940. The predicted molar refractivity (Wildman–Crippen MR) is 99.5 cm³/mol. The lowest BCUT2D eigenvalue weighted by molar-refractivity contribution is -0.124. The summed E-state index contributed by atoms with van der Waals surface area (Å²) in [4.78, 5) is 2.52. The van der Waals surface area contributed by atoms with Gasteiger partial charge in [0.2, 0.25) is 0 Å². The Kier molecular flexibility index (Phi) is 4.89. The Morgan fingerprint density at radius 1 is 1.20 bits per heavy atom. The van der Waals surface area contributed by atoms with E-state index >= 15 is 0 Å². The number of benzene rings is 1. The molecule has 4 rings (SSSR count). The van der Waals surface area contributed by atoms with Gasteiger partial charge < -0.3 is 14.8 Å². The van der Waals surface area contributed by atoms with Gasteiger partial charge in [-0.05, 0) is 18.9 Å². The van der Waals surface area contributed by atoms with Crippen molar-refractivity contribution in [3.8, 4) is 0 Å². The van der Waals surface area contributed by atoms with Gasteiger partial charge in [0.1, 0.15) is 0 Å². The van der Waals surface area contributed by atoms with Gasteiger partial charge >= 0.3 is 0 Å². The van der Waals surface area contributed by atoms with Crippen molar-refractivity contribution in [2.75, 3.05) is 26.3 Å². The zero-order chi connectivity index (χ0) is 17.4. The Morgan fingerprint density at radius 3 is 2.80 bits per heavy atom. The van der Waals surface area contributed by atoms with E-state index in [-0.39, 0.29) is 11.5 Å². The smallest absolute Gasteiger partial charge is 0.0852 e. The van der Waals surface area contributed by atoms with E-state index in [0.29, 0.717) is 24.1 Å². The van der Waals surface area contributed by atoms with Crippen LogP contribution in [-0.2, 0) is 16.0 Å². The normalized spacial score (nSPS) is 35.8. The van der Waals surface area contributed by atoms with Crippen molar-refractivity contribution in [3.05, 3.63) is 35.9 Å². The topological polar surface area (TPSA) is 33.7 Å². The van der Waals surface area contributed by atoms with Crippen molar-refractivity contribution < 1.29 is 9.47 Å². The van der Waals surface area contributed by atoms with E-state index in [1.807, 2.05) is 0 Å². The number of morpholine rings is 1. The highest BCUT2D eigenvalue weighted by atomic mass is 16.5. The zero-order valence-corrected chi connectivity index (χ0v) is 15.8. The Labute approximate surface area is 151 Å². The lowest BCUT2D eigenvalue weighted by atomic mass is 9.57. The second-order valence-corrected chi connectivity index (χ2v) is 8.63. The van der Waals surface area contributed by atoms with Gasteiger partial charge in [0.05, 0.1) is 18.8 Å². The largest absolute Gasteiger partial charge is 0.377 e. The first-order chi connectivity index (χ1) is 12.1. The van der Waals surface area contributed by atoms with Crippen LogP contribution in [0.4, 0.5) is 0 Å². The SMILES string of the molecule is C[C@H](N[C@@H]1[C@@H]2CCO[C@H]2C1(C)C)[C@@H]1CN(Cc2ccccc2)CCO1. The van der Waals surface area contributed by atoms with E-state index < -0.39 is 0 Å². The molecular formula is C21H32N2O2. The number of fused-ring (bicyclic) bond motifs is 1. The maximum atomic E-state index is 6.12. The summed E-state index contributed by atoms with van der Waals surface area (Å²) in [7, 11) is 0. The Bertz CT molecular complexity index is 577. The average molecular weight is 344 g/mol. The molecule has 2 saturated heterocycles. The van der Waals surface area contributed by atoms with Crippen molar-refractivity contribution in [2.45, 2.75) is 58.0 Å². The molecule has 2 aliphatic heterocycles. The summed E-state index contributed by atoms with van der Waals surface area (Å²) in [6.45, 7) is 11.8. The quantitative estimate of drug-likeness (QED) is 0.890. The number of nitrogens with zero attached hydrogens (tertiary/aromatic N) is 1. The standard InChI is InChI=1S/C21H32N2O2/c1-15(22-19-17-9-11-25-20(17)21(19,2)3)18-14-23(10-12-24-18)13-16-7-5-4-6-8-16/h4-8,15,17-20,22H,9-14H2,1-3H3/t15-,17-,18-,19+,20+/m0/s1. The van der Waals surface area contributed by atoms with E-state index in [9.17, 15) is 0 Å². The molecule has 138 valence electrons. The van der Waals surface area contributed by atoms with Crippen molar-refractivity contribution >= 4 is 0 Å². The van der Waals surface area contributed by atoms with Gasteiger partial charge in [0.25, 0.3) is 0 Å². The number of nitrogens with one attached hydrogen (secondary N) is 1. The van der Waals surface area contributed by atoms with Gasteiger partial charge in [0.15, 0.2) is 0 Å². The van der Waals surface area contributed by atoms with E-state index in [1.54, 1.807) is 0 Å². The highest BCUT2D eigenvalue weighted by molar-refractivity contribution is 5.15. The number of hydrogen-bond donors (Lipinski definition) is 1. The number of rotatable bonds is 5. The van der Waals surface area contributed by atoms with Crippen LogP contribution >= 0.6 is 0 Å². The summed E-state index contributed by atoms with van der Waals surface area (Å²) in [5.41, 5.74) is 1.61. The summed E-state index contributed by atoms with van der Waals surface area (Å²) in [5, 5.41) is 3.90. The molecular weight excluding hydrogens is 312 g/mol. The number of hydrogen-bond acceptors (Lipinski definition) is 4. The Balaban J connectivity index is 1.33. The highest BCUT2D eigenvalue weighted by Gasteiger charge is 2.59. The lowest BCUT2D eigenvalue weighted by Gasteiger charge is -2.56. The van der Waals surface area contributed by atoms with E-state index in [1.165, 1.54) is 12.0 Å². The minimum absolute atomic E-state index is 0.230. The molecule has 0 bridgehead atoms. The molecule has 1 saturated carbocycles. The van der Waals surface area contributed by atoms with Crippen LogP contribution in [0.15, 0.2) is 30.3 Å². The first-order valence-corrected chi connectivity index (χ1v) is 9.81. The molecule has 0 unspecified atom stereocenters. The second kappa shape index (κ2) is 6.99. The summed E-state index contributed by atoms with van der Waals surface area (Å²) < 4.78 is 12.0. The Morgan fingerprint density at radius 2 is 2.00 bits per heavy atom. The van der Waals surface area contributed by atoms with Crippen LogP contribution in [0.5, 0.6) is 0 Å². The van der Waals surface area contributed by atoms with Crippen LogP contribution in [0.3, 0.4) is 0 Å². The molecule has 5 atom stereocenters. The van der Waals surface area contributed by atoms with Crippen LogP contribution in [0.1, 0.15) is 32.8 Å². The summed E-state index contributed by atoms with van der Waals surface area (Å²) in [5.74, 6) is 0.682. The van der Waals surface area contributed by atoms with Crippen LogP contribution in [-0.4, -0.2) is 55.5 Å². The molecule has 2 heterocycles. The van der Waals surface area contributed by atoms with E-state index in [4.69, 9.17) is 9.47 Å². The maximum Gasteiger partial charge on any atom is 0.0852 e. The summed E-state index contributed by atoms with van der Waals surface area (Å²) in [6.07, 6.45) is 1.90. The molecule has 1 aliphatic carbocycles. The second-order valence-electron chi connectivity index (χ2n) is 8.63. The molecule has 1 N–H and O–H groups in total. The molecule has 3 aliphatic rings. The van der Waals surface area contributed by atoms with Crippen LogP contribution in [0, 0.1) is 11.3 Å². The van der Waals surface area contributed by atoms with Gasteiger partial charge in [-0.3, -0.25) is 4.90 Å².